The highest BCUT2D eigenvalue weighted by molar-refractivity contribution is 6.31. The first-order chi connectivity index (χ1) is 13.2. The minimum absolute atomic E-state index is 0.168. The highest BCUT2D eigenvalue weighted by atomic mass is 35.5. The molecule has 0 aliphatic heterocycles. The lowest BCUT2D eigenvalue weighted by molar-refractivity contribution is 0.0950. The zero-order valence-corrected chi connectivity index (χ0v) is 15.7. The van der Waals surface area contributed by atoms with E-state index in [1.165, 1.54) is 5.56 Å². The Morgan fingerprint density at radius 2 is 1.74 bits per heavy atom. The third-order valence-electron chi connectivity index (χ3n) is 4.21. The van der Waals surface area contributed by atoms with Gasteiger partial charge in [-0.15, -0.1) is 0 Å². The lowest BCUT2D eigenvalue weighted by Gasteiger charge is -2.08. The number of hydrogen-bond donors (Lipinski definition) is 2. The van der Waals surface area contributed by atoms with Gasteiger partial charge in [0.15, 0.2) is 0 Å². The van der Waals surface area contributed by atoms with E-state index in [-0.39, 0.29) is 5.91 Å². The van der Waals surface area contributed by atoms with Gasteiger partial charge in [0, 0.05) is 24.3 Å². The number of benzene rings is 2. The van der Waals surface area contributed by atoms with Crippen molar-refractivity contribution in [3.63, 3.8) is 0 Å². The number of amides is 1. The number of carbonyl (C=O) groups excluding carboxylic acids is 1. The average molecular weight is 380 g/mol. The lowest BCUT2D eigenvalue weighted by Crippen LogP contribution is -2.23. The molecule has 0 atom stereocenters. The maximum absolute atomic E-state index is 12.2. The van der Waals surface area contributed by atoms with Gasteiger partial charge in [-0.05, 0) is 42.2 Å². The Morgan fingerprint density at radius 1 is 0.963 bits per heavy atom. The van der Waals surface area contributed by atoms with Crippen molar-refractivity contribution in [1.82, 2.24) is 10.3 Å². The van der Waals surface area contributed by atoms with Gasteiger partial charge in [0.1, 0.15) is 5.82 Å². The van der Waals surface area contributed by atoms with Crippen molar-refractivity contribution in [3.05, 3.63) is 94.6 Å². The molecule has 2 N–H and O–H groups in total. The summed E-state index contributed by atoms with van der Waals surface area (Å²) < 4.78 is 0. The molecule has 138 valence electrons. The van der Waals surface area contributed by atoms with Crippen LogP contribution in [0.2, 0.25) is 5.02 Å². The zero-order valence-electron chi connectivity index (χ0n) is 15.0. The number of halogens is 1. The molecule has 0 spiro atoms. The molecule has 0 fully saturated rings. The standard InChI is InChI=1S/C22H22ClN3O/c23-20-11-5-4-10-18(20)15-26-22(27)19-12-13-21(25-16-19)24-14-6-9-17-7-2-1-3-8-17/h1-5,7-8,10-13,16H,6,9,14-15H2,(H,24,25)(H,26,27). The van der Waals surface area contributed by atoms with Crippen LogP contribution in [0.3, 0.4) is 0 Å². The SMILES string of the molecule is O=C(NCc1ccccc1Cl)c1ccc(NCCCc2ccccc2)nc1. The molecule has 5 heteroatoms. The molecule has 3 rings (SSSR count). The Balaban J connectivity index is 1.43. The fourth-order valence-corrected chi connectivity index (χ4v) is 2.91. The fraction of sp³-hybridized carbons (Fsp3) is 0.182. The van der Waals surface area contributed by atoms with Crippen molar-refractivity contribution in [2.45, 2.75) is 19.4 Å². The molecule has 0 bridgehead atoms. The van der Waals surface area contributed by atoms with Crippen LogP contribution in [0.4, 0.5) is 5.82 Å². The van der Waals surface area contributed by atoms with Gasteiger partial charge < -0.3 is 10.6 Å². The summed E-state index contributed by atoms with van der Waals surface area (Å²) in [6.45, 7) is 1.22. The van der Waals surface area contributed by atoms with Crippen LogP contribution >= 0.6 is 11.6 Å². The number of carbonyl (C=O) groups is 1. The molecule has 1 aromatic heterocycles. The van der Waals surface area contributed by atoms with Crippen LogP contribution in [-0.2, 0) is 13.0 Å². The molecular weight excluding hydrogens is 358 g/mol. The zero-order chi connectivity index (χ0) is 18.9. The second-order valence-corrected chi connectivity index (χ2v) is 6.63. The third kappa shape index (κ3) is 5.83. The third-order valence-corrected chi connectivity index (χ3v) is 4.58. The quantitative estimate of drug-likeness (QED) is 0.557. The summed E-state index contributed by atoms with van der Waals surface area (Å²) in [5.74, 6) is 0.601. The van der Waals surface area contributed by atoms with Crippen molar-refractivity contribution in [2.24, 2.45) is 0 Å². The number of aryl methyl sites for hydroxylation is 1. The van der Waals surface area contributed by atoms with Crippen LogP contribution in [0.15, 0.2) is 72.9 Å². The van der Waals surface area contributed by atoms with Crippen LogP contribution in [0.25, 0.3) is 0 Å². The van der Waals surface area contributed by atoms with Gasteiger partial charge in [-0.2, -0.15) is 0 Å². The topological polar surface area (TPSA) is 54.0 Å². The fourth-order valence-electron chi connectivity index (χ4n) is 2.71. The summed E-state index contributed by atoms with van der Waals surface area (Å²) in [6, 6.07) is 21.5. The summed E-state index contributed by atoms with van der Waals surface area (Å²) in [7, 11) is 0. The minimum atomic E-state index is -0.168. The highest BCUT2D eigenvalue weighted by Gasteiger charge is 2.07. The van der Waals surface area contributed by atoms with E-state index in [1.807, 2.05) is 36.4 Å². The molecular formula is C22H22ClN3O. The Hall–Kier alpha value is -2.85. The largest absolute Gasteiger partial charge is 0.370 e. The van der Waals surface area contributed by atoms with Gasteiger partial charge in [0.25, 0.3) is 5.91 Å². The van der Waals surface area contributed by atoms with Gasteiger partial charge in [-0.3, -0.25) is 4.79 Å². The van der Waals surface area contributed by atoms with E-state index >= 15 is 0 Å². The summed E-state index contributed by atoms with van der Waals surface area (Å²) in [5.41, 5.74) is 2.74. The van der Waals surface area contributed by atoms with Gasteiger partial charge >= 0.3 is 0 Å². The van der Waals surface area contributed by atoms with Crippen molar-refractivity contribution in [1.29, 1.82) is 0 Å². The maximum Gasteiger partial charge on any atom is 0.253 e. The van der Waals surface area contributed by atoms with Gasteiger partial charge in [0.05, 0.1) is 5.56 Å². The van der Waals surface area contributed by atoms with Crippen LogP contribution in [0.5, 0.6) is 0 Å². The first-order valence-electron chi connectivity index (χ1n) is 8.98. The molecule has 3 aromatic rings. The number of aromatic nitrogens is 1. The van der Waals surface area contributed by atoms with Crippen molar-refractivity contribution in [3.8, 4) is 0 Å². The van der Waals surface area contributed by atoms with E-state index in [4.69, 9.17) is 11.6 Å². The summed E-state index contributed by atoms with van der Waals surface area (Å²) in [6.07, 6.45) is 3.63. The minimum Gasteiger partial charge on any atom is -0.370 e. The molecule has 0 saturated carbocycles. The number of nitrogens with zero attached hydrogens (tertiary/aromatic N) is 1. The Kier molecular flexibility index (Phi) is 6.83. The van der Waals surface area contributed by atoms with Crippen LogP contribution in [0, 0.1) is 0 Å². The van der Waals surface area contributed by atoms with E-state index in [2.05, 4.69) is 39.9 Å². The molecule has 0 saturated heterocycles. The predicted octanol–water partition coefficient (Wildman–Crippen LogP) is 4.71. The van der Waals surface area contributed by atoms with Crippen LogP contribution < -0.4 is 10.6 Å². The van der Waals surface area contributed by atoms with E-state index in [0.717, 1.165) is 30.8 Å². The van der Waals surface area contributed by atoms with E-state index < -0.39 is 0 Å². The molecule has 4 nitrogen and oxygen atoms in total. The lowest BCUT2D eigenvalue weighted by atomic mass is 10.1. The van der Waals surface area contributed by atoms with Gasteiger partial charge in [0.2, 0.25) is 0 Å². The summed E-state index contributed by atoms with van der Waals surface area (Å²) >= 11 is 6.10. The Labute approximate surface area is 164 Å². The second-order valence-electron chi connectivity index (χ2n) is 6.22. The molecule has 27 heavy (non-hydrogen) atoms. The molecule has 2 aromatic carbocycles. The number of rotatable bonds is 8. The second kappa shape index (κ2) is 9.74. The van der Waals surface area contributed by atoms with Crippen LogP contribution in [-0.4, -0.2) is 17.4 Å². The summed E-state index contributed by atoms with van der Waals surface area (Å²) in [4.78, 5) is 16.6. The number of hydrogen-bond acceptors (Lipinski definition) is 3. The first-order valence-corrected chi connectivity index (χ1v) is 9.35. The Morgan fingerprint density at radius 3 is 2.48 bits per heavy atom. The highest BCUT2D eigenvalue weighted by Crippen LogP contribution is 2.14. The predicted molar refractivity (Wildman–Crippen MR) is 110 cm³/mol. The van der Waals surface area contributed by atoms with E-state index in [1.54, 1.807) is 12.3 Å². The number of anilines is 1. The molecule has 0 aliphatic rings. The van der Waals surface area contributed by atoms with E-state index in [9.17, 15) is 4.79 Å². The molecule has 0 aliphatic carbocycles. The summed E-state index contributed by atoms with van der Waals surface area (Å²) in [5, 5.41) is 6.79. The maximum atomic E-state index is 12.2. The smallest absolute Gasteiger partial charge is 0.253 e. The van der Waals surface area contributed by atoms with Crippen molar-refractivity contribution < 1.29 is 4.79 Å². The van der Waals surface area contributed by atoms with Gasteiger partial charge in [-0.1, -0.05) is 60.1 Å². The molecule has 1 amide bonds. The van der Waals surface area contributed by atoms with Crippen LogP contribution in [0.1, 0.15) is 27.9 Å². The molecule has 0 radical (unpaired) electrons. The number of pyridine rings is 1. The van der Waals surface area contributed by atoms with Gasteiger partial charge in [-0.25, -0.2) is 4.98 Å². The van der Waals surface area contributed by atoms with Crippen molar-refractivity contribution >= 4 is 23.3 Å². The van der Waals surface area contributed by atoms with E-state index in [0.29, 0.717) is 17.1 Å². The monoisotopic (exact) mass is 379 g/mol. The Bertz CT molecular complexity index is 866. The normalized spacial score (nSPS) is 10.4. The first kappa shape index (κ1) is 18.9. The van der Waals surface area contributed by atoms with Crippen molar-refractivity contribution in [2.75, 3.05) is 11.9 Å². The number of nitrogens with one attached hydrogen (secondary N) is 2. The molecule has 0 unspecified atom stereocenters. The average Bonchev–Trinajstić information content (AvgIpc) is 2.72. The molecule has 1 heterocycles.